The number of hydrogen-bond acceptors (Lipinski definition) is 6. The summed E-state index contributed by atoms with van der Waals surface area (Å²) in [5.41, 5.74) is 1.56. The molecular weight excluding hydrogens is 496 g/mol. The van der Waals surface area contributed by atoms with Crippen LogP contribution in [0.5, 0.6) is 5.75 Å². The fourth-order valence-corrected chi connectivity index (χ4v) is 4.67. The smallest absolute Gasteiger partial charge is 0.294 e. The second-order valence-corrected chi connectivity index (χ2v) is 8.87. The first-order valence-electron chi connectivity index (χ1n) is 11.3. The lowest BCUT2D eigenvalue weighted by Gasteiger charge is -2.28. The van der Waals surface area contributed by atoms with Crippen molar-refractivity contribution in [1.82, 2.24) is 0 Å². The van der Waals surface area contributed by atoms with E-state index in [0.717, 1.165) is 0 Å². The topological polar surface area (TPSA) is 109 Å². The van der Waals surface area contributed by atoms with Crippen molar-refractivity contribution in [1.29, 1.82) is 0 Å². The second-order valence-electron chi connectivity index (χ2n) is 8.44. The van der Waals surface area contributed by atoms with Gasteiger partial charge < -0.3 is 19.6 Å². The Bertz CT molecular complexity index is 1610. The third-order valence-electron chi connectivity index (χ3n) is 6.03. The van der Waals surface area contributed by atoms with Crippen molar-refractivity contribution in [2.24, 2.45) is 0 Å². The number of carbonyl (C=O) groups excluding carboxylic acids is 3. The lowest BCUT2D eigenvalue weighted by Crippen LogP contribution is -2.31. The van der Waals surface area contributed by atoms with Gasteiger partial charge in [0.25, 0.3) is 5.91 Å². The van der Waals surface area contributed by atoms with Crippen molar-refractivity contribution < 1.29 is 28.6 Å². The maximum atomic E-state index is 13.8. The van der Waals surface area contributed by atoms with Gasteiger partial charge in [-0.05, 0) is 48.5 Å². The molecule has 8 nitrogen and oxygen atoms in total. The molecule has 0 fully saturated rings. The van der Waals surface area contributed by atoms with Crippen molar-refractivity contribution in [2.45, 2.75) is 13.0 Å². The SMILES string of the molecule is COc1ccccc1C1C(C(=O)c2cc3cc(Cl)ccc3o2)=C(O)C(=O)N1c1cccc(NC(C)=O)c1. The fourth-order valence-electron chi connectivity index (χ4n) is 4.49. The normalized spacial score (nSPS) is 15.4. The molecule has 1 aliphatic rings. The van der Waals surface area contributed by atoms with E-state index in [-0.39, 0.29) is 17.2 Å². The zero-order valence-corrected chi connectivity index (χ0v) is 20.6. The minimum Gasteiger partial charge on any atom is -0.503 e. The van der Waals surface area contributed by atoms with Crippen molar-refractivity contribution in [3.63, 3.8) is 0 Å². The zero-order chi connectivity index (χ0) is 26.3. The van der Waals surface area contributed by atoms with Gasteiger partial charge in [-0.25, -0.2) is 0 Å². The number of furan rings is 1. The quantitative estimate of drug-likeness (QED) is 0.312. The first kappa shape index (κ1) is 24.1. The van der Waals surface area contributed by atoms with Crippen LogP contribution in [0.25, 0.3) is 11.0 Å². The summed E-state index contributed by atoms with van der Waals surface area (Å²) >= 11 is 6.08. The first-order chi connectivity index (χ1) is 17.8. The van der Waals surface area contributed by atoms with Gasteiger partial charge in [-0.3, -0.25) is 19.3 Å². The van der Waals surface area contributed by atoms with E-state index in [1.54, 1.807) is 66.7 Å². The van der Waals surface area contributed by atoms with Crippen LogP contribution in [-0.4, -0.2) is 29.8 Å². The number of nitrogens with one attached hydrogen (secondary N) is 1. The average Bonchev–Trinajstić information content (AvgIpc) is 3.41. The van der Waals surface area contributed by atoms with Crippen molar-refractivity contribution >= 4 is 51.5 Å². The van der Waals surface area contributed by atoms with E-state index in [2.05, 4.69) is 5.32 Å². The van der Waals surface area contributed by atoms with Crippen LogP contribution in [0, 0.1) is 0 Å². The molecule has 0 saturated heterocycles. The predicted molar refractivity (Wildman–Crippen MR) is 139 cm³/mol. The van der Waals surface area contributed by atoms with Crippen LogP contribution in [0.3, 0.4) is 0 Å². The van der Waals surface area contributed by atoms with Crippen molar-refractivity contribution in [3.05, 3.63) is 100 Å². The van der Waals surface area contributed by atoms with Crippen LogP contribution in [0.15, 0.2) is 88.5 Å². The molecule has 0 bridgehead atoms. The minimum absolute atomic E-state index is 0.0552. The number of ether oxygens (including phenoxy) is 1. The predicted octanol–water partition coefficient (Wildman–Crippen LogP) is 5.84. The molecule has 9 heteroatoms. The minimum atomic E-state index is -1.04. The number of benzene rings is 3. The van der Waals surface area contributed by atoms with E-state index in [1.807, 2.05) is 0 Å². The molecule has 0 radical (unpaired) electrons. The monoisotopic (exact) mass is 516 g/mol. The van der Waals surface area contributed by atoms with Crippen LogP contribution in [0.4, 0.5) is 11.4 Å². The average molecular weight is 517 g/mol. The maximum absolute atomic E-state index is 13.8. The zero-order valence-electron chi connectivity index (χ0n) is 19.8. The molecule has 37 heavy (non-hydrogen) atoms. The molecule has 1 atom stereocenters. The number of anilines is 2. The molecule has 0 spiro atoms. The number of hydrogen-bond donors (Lipinski definition) is 2. The molecule has 3 aromatic carbocycles. The Hall–Kier alpha value is -4.56. The standard InChI is InChI=1S/C28H21ClN2O6/c1-15(32)30-18-6-5-7-19(14-18)31-25(20-8-3-4-9-22(20)36-2)24(27(34)28(31)35)26(33)23-13-16-12-17(29)10-11-21(16)37-23/h3-14,25,34H,1-2H3,(H,30,32). The highest BCUT2D eigenvalue weighted by Crippen LogP contribution is 2.45. The molecule has 2 heterocycles. The van der Waals surface area contributed by atoms with Gasteiger partial charge in [0.2, 0.25) is 11.7 Å². The number of para-hydroxylation sites is 1. The van der Waals surface area contributed by atoms with E-state index in [1.165, 1.54) is 25.0 Å². The molecular formula is C28H21ClN2O6. The Morgan fingerprint density at radius 1 is 1.05 bits per heavy atom. The van der Waals surface area contributed by atoms with Crippen molar-refractivity contribution in [2.75, 3.05) is 17.3 Å². The third kappa shape index (κ3) is 4.32. The van der Waals surface area contributed by atoms with Gasteiger partial charge in [-0.15, -0.1) is 0 Å². The maximum Gasteiger partial charge on any atom is 0.294 e. The number of nitrogens with zero attached hydrogens (tertiary/aromatic N) is 1. The second kappa shape index (κ2) is 9.48. The van der Waals surface area contributed by atoms with E-state index >= 15 is 0 Å². The van der Waals surface area contributed by atoms with Gasteiger partial charge >= 0.3 is 0 Å². The van der Waals surface area contributed by atoms with Gasteiger partial charge in [0.1, 0.15) is 11.3 Å². The third-order valence-corrected chi connectivity index (χ3v) is 6.27. The molecule has 1 aliphatic heterocycles. The molecule has 0 saturated carbocycles. The summed E-state index contributed by atoms with van der Waals surface area (Å²) in [6.07, 6.45) is 0. The number of aliphatic hydroxyl groups excluding tert-OH is 1. The number of halogens is 1. The molecule has 5 rings (SSSR count). The highest BCUT2D eigenvalue weighted by atomic mass is 35.5. The van der Waals surface area contributed by atoms with Crippen LogP contribution in [0.1, 0.15) is 29.1 Å². The number of aliphatic hydroxyl groups is 1. The number of amides is 2. The summed E-state index contributed by atoms with van der Waals surface area (Å²) in [5, 5.41) is 14.8. The summed E-state index contributed by atoms with van der Waals surface area (Å²) in [7, 11) is 1.48. The molecule has 2 N–H and O–H groups in total. The van der Waals surface area contributed by atoms with Crippen LogP contribution in [0.2, 0.25) is 5.02 Å². The number of rotatable bonds is 6. The van der Waals surface area contributed by atoms with Crippen LogP contribution in [-0.2, 0) is 9.59 Å². The van der Waals surface area contributed by atoms with E-state index < -0.39 is 23.5 Å². The summed E-state index contributed by atoms with van der Waals surface area (Å²) in [5.74, 6) is -2.06. The number of methoxy groups -OCH3 is 1. The van der Waals surface area contributed by atoms with Crippen LogP contribution >= 0.6 is 11.6 Å². The lowest BCUT2D eigenvalue weighted by molar-refractivity contribution is -0.117. The van der Waals surface area contributed by atoms with Gasteiger partial charge in [0.05, 0.1) is 18.7 Å². The molecule has 4 aromatic rings. The molecule has 2 amide bonds. The fraction of sp³-hybridized carbons (Fsp3) is 0.107. The Labute approximate surface area is 216 Å². The summed E-state index contributed by atoms with van der Waals surface area (Å²) < 4.78 is 11.3. The largest absolute Gasteiger partial charge is 0.503 e. The Morgan fingerprint density at radius 3 is 2.59 bits per heavy atom. The van der Waals surface area contributed by atoms with Gasteiger partial charge in [0.15, 0.2) is 11.5 Å². The molecule has 1 aromatic heterocycles. The summed E-state index contributed by atoms with van der Waals surface area (Å²) in [6.45, 7) is 1.37. The lowest BCUT2D eigenvalue weighted by atomic mass is 9.94. The molecule has 1 unspecified atom stereocenters. The van der Waals surface area contributed by atoms with E-state index in [9.17, 15) is 19.5 Å². The Morgan fingerprint density at radius 2 is 1.84 bits per heavy atom. The van der Waals surface area contributed by atoms with E-state index in [4.69, 9.17) is 20.8 Å². The number of Topliss-reactive ketones (excluding diaryl/α,β-unsaturated/α-hetero) is 1. The van der Waals surface area contributed by atoms with Gasteiger partial charge in [0, 0.05) is 34.3 Å². The molecule has 0 aliphatic carbocycles. The highest BCUT2D eigenvalue weighted by molar-refractivity contribution is 6.31. The first-order valence-corrected chi connectivity index (χ1v) is 11.7. The van der Waals surface area contributed by atoms with Gasteiger partial charge in [-0.2, -0.15) is 0 Å². The summed E-state index contributed by atoms with van der Waals surface area (Å²) in [4.78, 5) is 40.2. The summed E-state index contributed by atoms with van der Waals surface area (Å²) in [6, 6.07) is 18.9. The number of ketones is 1. The van der Waals surface area contributed by atoms with Crippen molar-refractivity contribution in [3.8, 4) is 5.75 Å². The number of carbonyl (C=O) groups is 3. The highest BCUT2D eigenvalue weighted by Gasteiger charge is 2.46. The van der Waals surface area contributed by atoms with Gasteiger partial charge in [-0.1, -0.05) is 35.9 Å². The Balaban J connectivity index is 1.67. The van der Waals surface area contributed by atoms with Crippen LogP contribution < -0.4 is 15.0 Å². The Kier molecular flexibility index (Phi) is 6.19. The number of fused-ring (bicyclic) bond motifs is 1. The van der Waals surface area contributed by atoms with E-state index in [0.29, 0.717) is 38.7 Å². The molecule has 186 valence electrons.